The van der Waals surface area contributed by atoms with Gasteiger partial charge in [0.2, 0.25) is 0 Å². The minimum Gasteiger partial charge on any atom is -0.390 e. The van der Waals surface area contributed by atoms with Crippen LogP contribution in [0.1, 0.15) is 5.56 Å². The lowest BCUT2D eigenvalue weighted by Crippen LogP contribution is -2.18. The highest BCUT2D eigenvalue weighted by atomic mass is 19.3. The average Bonchev–Trinajstić information content (AvgIpc) is 2.60. The van der Waals surface area contributed by atoms with Gasteiger partial charge in [0.15, 0.2) is 0 Å². The summed E-state index contributed by atoms with van der Waals surface area (Å²) in [5.41, 5.74) is 0.583. The van der Waals surface area contributed by atoms with Crippen LogP contribution in [0.25, 0.3) is 10.9 Å². The molecule has 80 valence electrons. The van der Waals surface area contributed by atoms with Gasteiger partial charge in [-0.15, -0.1) is 0 Å². The molecular weight excluding hydrogens is 200 g/mol. The van der Waals surface area contributed by atoms with E-state index in [1.807, 2.05) is 12.3 Å². The summed E-state index contributed by atoms with van der Waals surface area (Å²) in [6.07, 6.45) is 1.81. The van der Waals surface area contributed by atoms with E-state index in [-0.39, 0.29) is 5.56 Å². The minimum atomic E-state index is -3.17. The second-order valence-corrected chi connectivity index (χ2v) is 3.56. The molecule has 0 saturated carbocycles. The molecule has 0 unspecified atom stereocenters. The molecule has 0 amide bonds. The van der Waals surface area contributed by atoms with Gasteiger partial charge in [0, 0.05) is 24.3 Å². The first-order chi connectivity index (χ1) is 7.04. The minimum absolute atomic E-state index is 0.153. The Morgan fingerprint density at radius 1 is 1.33 bits per heavy atom. The Balaban J connectivity index is 2.59. The first-order valence-corrected chi connectivity index (χ1v) is 4.59. The summed E-state index contributed by atoms with van der Waals surface area (Å²) in [5, 5.41) is 9.49. The van der Waals surface area contributed by atoms with E-state index in [1.54, 1.807) is 17.7 Å². The van der Waals surface area contributed by atoms with Crippen LogP contribution in [-0.4, -0.2) is 16.3 Å². The predicted molar refractivity (Wildman–Crippen MR) is 53.9 cm³/mol. The molecule has 0 aliphatic heterocycles. The Kier molecular flexibility index (Phi) is 2.23. The van der Waals surface area contributed by atoms with Crippen molar-refractivity contribution in [2.45, 2.75) is 5.92 Å². The molecular formula is C11H11F2NO. The number of hydrogen-bond acceptors (Lipinski definition) is 1. The van der Waals surface area contributed by atoms with Crippen molar-refractivity contribution in [3.05, 3.63) is 36.0 Å². The van der Waals surface area contributed by atoms with Crippen LogP contribution in [0, 0.1) is 0 Å². The summed E-state index contributed by atoms with van der Waals surface area (Å²) in [6.45, 7) is -1.16. The van der Waals surface area contributed by atoms with E-state index in [9.17, 15) is 8.78 Å². The third kappa shape index (κ3) is 1.61. The molecule has 0 atom stereocenters. The summed E-state index contributed by atoms with van der Waals surface area (Å²) in [4.78, 5) is 0. The van der Waals surface area contributed by atoms with E-state index in [4.69, 9.17) is 5.11 Å². The molecule has 1 aromatic heterocycles. The lowest BCUT2D eigenvalue weighted by Gasteiger charge is -2.13. The van der Waals surface area contributed by atoms with Crippen molar-refractivity contribution < 1.29 is 13.9 Å². The van der Waals surface area contributed by atoms with Gasteiger partial charge >= 0.3 is 0 Å². The zero-order valence-corrected chi connectivity index (χ0v) is 8.24. The zero-order valence-electron chi connectivity index (χ0n) is 8.24. The van der Waals surface area contributed by atoms with Gasteiger partial charge in [0.25, 0.3) is 5.92 Å². The lowest BCUT2D eigenvalue weighted by molar-refractivity contribution is -0.0555. The van der Waals surface area contributed by atoms with Gasteiger partial charge in [-0.05, 0) is 17.5 Å². The Bertz CT molecular complexity index is 490. The largest absolute Gasteiger partial charge is 0.390 e. The highest BCUT2D eigenvalue weighted by Crippen LogP contribution is 2.29. The van der Waals surface area contributed by atoms with Crippen LogP contribution < -0.4 is 0 Å². The van der Waals surface area contributed by atoms with Crippen molar-refractivity contribution in [3.63, 3.8) is 0 Å². The van der Waals surface area contributed by atoms with Crippen molar-refractivity contribution in [3.8, 4) is 0 Å². The smallest absolute Gasteiger partial charge is 0.295 e. The van der Waals surface area contributed by atoms with Gasteiger partial charge in [-0.1, -0.05) is 12.1 Å². The van der Waals surface area contributed by atoms with Crippen LogP contribution in [0.3, 0.4) is 0 Å². The maximum absolute atomic E-state index is 13.2. The van der Waals surface area contributed by atoms with Crippen LogP contribution in [0.2, 0.25) is 0 Å². The molecule has 0 aliphatic rings. The highest BCUT2D eigenvalue weighted by molar-refractivity contribution is 5.80. The quantitative estimate of drug-likeness (QED) is 0.809. The van der Waals surface area contributed by atoms with Crippen molar-refractivity contribution in [1.29, 1.82) is 0 Å². The summed E-state index contributed by atoms with van der Waals surface area (Å²) < 4.78 is 28.2. The molecule has 0 fully saturated rings. The fourth-order valence-corrected chi connectivity index (χ4v) is 1.58. The number of halogens is 2. The summed E-state index contributed by atoms with van der Waals surface area (Å²) in [5.74, 6) is -3.17. The van der Waals surface area contributed by atoms with Crippen molar-refractivity contribution in [1.82, 2.24) is 4.57 Å². The van der Waals surface area contributed by atoms with Gasteiger partial charge in [-0.25, -0.2) is 0 Å². The molecule has 4 heteroatoms. The molecule has 1 N–H and O–H groups in total. The molecule has 0 radical (unpaired) electrons. The summed E-state index contributed by atoms with van der Waals surface area (Å²) >= 11 is 0. The lowest BCUT2D eigenvalue weighted by atomic mass is 10.1. The fraction of sp³-hybridized carbons (Fsp3) is 0.273. The van der Waals surface area contributed by atoms with E-state index in [0.29, 0.717) is 0 Å². The molecule has 2 rings (SSSR count). The number of aryl methyl sites for hydroxylation is 1. The first-order valence-electron chi connectivity index (χ1n) is 4.59. The zero-order chi connectivity index (χ0) is 11.1. The summed E-state index contributed by atoms with van der Waals surface area (Å²) in [7, 11) is 1.79. The maximum Gasteiger partial charge on any atom is 0.295 e. The molecule has 0 aliphatic carbocycles. The molecule has 2 aromatic rings. The third-order valence-electron chi connectivity index (χ3n) is 2.51. The number of aliphatic hydroxyl groups excluding tert-OH is 1. The number of aliphatic hydroxyl groups is 1. The van der Waals surface area contributed by atoms with Crippen LogP contribution in [-0.2, 0) is 13.0 Å². The van der Waals surface area contributed by atoms with Gasteiger partial charge in [-0.3, -0.25) is 0 Å². The highest BCUT2D eigenvalue weighted by Gasteiger charge is 2.30. The molecule has 2 nitrogen and oxygen atoms in total. The van der Waals surface area contributed by atoms with Crippen molar-refractivity contribution in [2.24, 2.45) is 7.05 Å². The number of hydrogen-bond donors (Lipinski definition) is 1. The average molecular weight is 211 g/mol. The Morgan fingerprint density at radius 3 is 2.73 bits per heavy atom. The molecule has 0 saturated heterocycles. The SMILES string of the molecule is Cn1ccc2ccc(C(F)(F)CO)cc21. The number of nitrogens with zero attached hydrogens (tertiary/aromatic N) is 1. The van der Waals surface area contributed by atoms with Gasteiger partial charge in [0.05, 0.1) is 0 Å². The Hall–Kier alpha value is -1.42. The first kappa shape index (κ1) is 10.1. The van der Waals surface area contributed by atoms with Crippen molar-refractivity contribution in [2.75, 3.05) is 6.61 Å². The van der Waals surface area contributed by atoms with Crippen LogP contribution in [0.5, 0.6) is 0 Å². The van der Waals surface area contributed by atoms with E-state index in [2.05, 4.69) is 0 Å². The topological polar surface area (TPSA) is 25.2 Å². The maximum atomic E-state index is 13.2. The second-order valence-electron chi connectivity index (χ2n) is 3.56. The van der Waals surface area contributed by atoms with Crippen LogP contribution in [0.4, 0.5) is 8.78 Å². The molecule has 0 bridgehead atoms. The number of alkyl halides is 2. The van der Waals surface area contributed by atoms with Gasteiger partial charge < -0.3 is 9.67 Å². The van der Waals surface area contributed by atoms with Gasteiger partial charge in [-0.2, -0.15) is 8.78 Å². The molecule has 1 aromatic carbocycles. The Morgan fingerprint density at radius 2 is 2.07 bits per heavy atom. The number of fused-ring (bicyclic) bond motifs is 1. The number of benzene rings is 1. The predicted octanol–water partition coefficient (Wildman–Crippen LogP) is 2.26. The van der Waals surface area contributed by atoms with E-state index in [0.717, 1.165) is 10.9 Å². The van der Waals surface area contributed by atoms with Gasteiger partial charge in [0.1, 0.15) is 6.61 Å². The van der Waals surface area contributed by atoms with Crippen molar-refractivity contribution >= 4 is 10.9 Å². The van der Waals surface area contributed by atoms with E-state index in [1.165, 1.54) is 12.1 Å². The van der Waals surface area contributed by atoms with Crippen LogP contribution in [0.15, 0.2) is 30.5 Å². The molecule has 15 heavy (non-hydrogen) atoms. The molecule has 1 heterocycles. The summed E-state index contributed by atoms with van der Waals surface area (Å²) in [6, 6.07) is 6.24. The number of rotatable bonds is 2. The standard InChI is InChI=1S/C11H11F2NO/c1-14-5-4-8-2-3-9(6-10(8)14)11(12,13)7-15/h2-6,15H,7H2,1H3. The van der Waals surface area contributed by atoms with Crippen LogP contribution >= 0.6 is 0 Å². The van der Waals surface area contributed by atoms with E-state index < -0.39 is 12.5 Å². The normalized spacial score (nSPS) is 12.3. The van der Waals surface area contributed by atoms with E-state index >= 15 is 0 Å². The number of aromatic nitrogens is 1. The Labute approximate surface area is 85.8 Å². The second kappa shape index (κ2) is 3.31. The fourth-order valence-electron chi connectivity index (χ4n) is 1.58. The molecule has 0 spiro atoms. The monoisotopic (exact) mass is 211 g/mol. The third-order valence-corrected chi connectivity index (χ3v) is 2.51.